The van der Waals surface area contributed by atoms with Crippen LogP contribution in [0.3, 0.4) is 0 Å². The van der Waals surface area contributed by atoms with Gasteiger partial charge in [-0.25, -0.2) is 0 Å². The van der Waals surface area contributed by atoms with Crippen LogP contribution in [0.5, 0.6) is 0 Å². The van der Waals surface area contributed by atoms with Gasteiger partial charge in [0.05, 0.1) is 16.0 Å². The van der Waals surface area contributed by atoms with Crippen molar-refractivity contribution in [2.24, 2.45) is 0 Å². The van der Waals surface area contributed by atoms with E-state index in [1.165, 1.54) is 23.1 Å². The van der Waals surface area contributed by atoms with Crippen molar-refractivity contribution in [3.63, 3.8) is 0 Å². The minimum atomic E-state index is -0.372. The maximum absolute atomic E-state index is 12.0. The predicted molar refractivity (Wildman–Crippen MR) is 102 cm³/mol. The molecule has 1 aliphatic heterocycles. The van der Waals surface area contributed by atoms with E-state index in [2.05, 4.69) is 25.5 Å². The highest BCUT2D eigenvalue weighted by atomic mass is 32.2. The van der Waals surface area contributed by atoms with Crippen LogP contribution in [0.15, 0.2) is 27.2 Å². The third-order valence-electron chi connectivity index (χ3n) is 3.32. The van der Waals surface area contributed by atoms with Crippen molar-refractivity contribution >= 4 is 68.6 Å². The highest BCUT2D eigenvalue weighted by Crippen LogP contribution is 2.30. The standard InChI is InChI=1S/C14H8N6O2S3/c15-13-16-10-7(11(21)17-13)3-8(19-20-10)5-1-6(24-4-5)2-9-12(22)18-14(23)25-9/h1-4H,(H,18,22,23)(H3,15,16,17,20,21). The number of thiocarbonyl (C=S) groups is 1. The first-order valence-corrected chi connectivity index (χ1v) is 8.97. The average molecular weight is 388 g/mol. The maximum atomic E-state index is 12.0. The molecule has 3 aromatic heterocycles. The Balaban J connectivity index is 1.72. The van der Waals surface area contributed by atoms with Gasteiger partial charge in [0, 0.05) is 15.8 Å². The average Bonchev–Trinajstić information content (AvgIpc) is 3.14. The molecule has 1 fully saturated rings. The van der Waals surface area contributed by atoms with Gasteiger partial charge in [-0.2, -0.15) is 4.98 Å². The normalized spacial score (nSPS) is 15.9. The summed E-state index contributed by atoms with van der Waals surface area (Å²) < 4.78 is 0.444. The first-order chi connectivity index (χ1) is 12.0. The fraction of sp³-hybridized carbons (Fsp3) is 0. The molecule has 25 heavy (non-hydrogen) atoms. The Hall–Kier alpha value is -2.63. The van der Waals surface area contributed by atoms with E-state index in [0.29, 0.717) is 20.3 Å². The van der Waals surface area contributed by atoms with Gasteiger partial charge in [-0.05, 0) is 18.2 Å². The number of nitrogens with one attached hydrogen (secondary N) is 2. The van der Waals surface area contributed by atoms with Crippen LogP contribution in [-0.2, 0) is 4.79 Å². The van der Waals surface area contributed by atoms with E-state index >= 15 is 0 Å². The quantitative estimate of drug-likeness (QED) is 0.445. The molecule has 11 heteroatoms. The smallest absolute Gasteiger partial charge is 0.263 e. The number of hydrogen-bond donors (Lipinski definition) is 3. The van der Waals surface area contributed by atoms with Crippen LogP contribution in [0, 0.1) is 0 Å². The number of aromatic amines is 1. The van der Waals surface area contributed by atoms with Crippen molar-refractivity contribution in [3.05, 3.63) is 37.6 Å². The summed E-state index contributed by atoms with van der Waals surface area (Å²) in [5.41, 5.74) is 6.63. The van der Waals surface area contributed by atoms with Gasteiger partial charge in [0.1, 0.15) is 4.32 Å². The molecule has 0 spiro atoms. The Morgan fingerprint density at radius 1 is 1.24 bits per heavy atom. The summed E-state index contributed by atoms with van der Waals surface area (Å²) in [5, 5.41) is 12.8. The summed E-state index contributed by atoms with van der Waals surface area (Å²) in [5.74, 6) is -0.208. The lowest BCUT2D eigenvalue weighted by Crippen LogP contribution is -2.17. The first kappa shape index (κ1) is 15.9. The van der Waals surface area contributed by atoms with Crippen LogP contribution >= 0.6 is 35.3 Å². The molecular formula is C14H8N6O2S3. The number of nitrogen functional groups attached to an aromatic ring is 1. The molecule has 1 aliphatic rings. The number of fused-ring (bicyclic) bond motifs is 1. The predicted octanol–water partition coefficient (Wildman–Crippen LogP) is 1.51. The molecule has 0 aliphatic carbocycles. The zero-order chi connectivity index (χ0) is 17.6. The third-order valence-corrected chi connectivity index (χ3v) is 5.36. The number of thiophene rings is 1. The number of nitrogens with zero attached hydrogens (tertiary/aromatic N) is 3. The molecule has 124 valence electrons. The van der Waals surface area contributed by atoms with Gasteiger partial charge >= 0.3 is 0 Å². The summed E-state index contributed by atoms with van der Waals surface area (Å²) in [6.45, 7) is 0. The highest BCUT2D eigenvalue weighted by molar-refractivity contribution is 8.26. The molecule has 4 N–H and O–H groups in total. The molecule has 0 bridgehead atoms. The number of anilines is 1. The number of rotatable bonds is 2. The lowest BCUT2D eigenvalue weighted by molar-refractivity contribution is -0.115. The Bertz CT molecular complexity index is 1130. The van der Waals surface area contributed by atoms with Gasteiger partial charge in [0.2, 0.25) is 5.95 Å². The highest BCUT2D eigenvalue weighted by Gasteiger charge is 2.22. The van der Waals surface area contributed by atoms with Crippen LogP contribution in [0.2, 0.25) is 0 Å². The van der Waals surface area contributed by atoms with Crippen molar-refractivity contribution in [2.75, 3.05) is 5.73 Å². The lowest BCUT2D eigenvalue weighted by Gasteiger charge is -1.99. The zero-order valence-corrected chi connectivity index (χ0v) is 14.7. The summed E-state index contributed by atoms with van der Waals surface area (Å²) in [6.07, 6.45) is 1.76. The minimum Gasteiger partial charge on any atom is -0.369 e. The zero-order valence-electron chi connectivity index (χ0n) is 12.3. The van der Waals surface area contributed by atoms with Crippen LogP contribution in [0.25, 0.3) is 28.4 Å². The Morgan fingerprint density at radius 3 is 2.84 bits per heavy atom. The number of carbonyl (C=O) groups excluding carboxylic acids is 1. The van der Waals surface area contributed by atoms with Crippen LogP contribution in [-0.4, -0.2) is 30.4 Å². The number of thioether (sulfide) groups is 1. The molecule has 0 saturated carbocycles. The fourth-order valence-corrected chi connectivity index (χ4v) is 4.16. The van der Waals surface area contributed by atoms with Crippen molar-refractivity contribution < 1.29 is 4.79 Å². The second kappa shape index (κ2) is 6.02. The number of amides is 1. The largest absolute Gasteiger partial charge is 0.369 e. The van der Waals surface area contributed by atoms with Crippen molar-refractivity contribution in [1.29, 1.82) is 0 Å². The Labute approximate surface area is 153 Å². The van der Waals surface area contributed by atoms with Crippen molar-refractivity contribution in [3.8, 4) is 11.3 Å². The number of carbonyl (C=O) groups is 1. The number of nitrogens with two attached hydrogens (primary N) is 1. The van der Waals surface area contributed by atoms with E-state index in [4.69, 9.17) is 18.0 Å². The number of aromatic nitrogens is 4. The maximum Gasteiger partial charge on any atom is 0.263 e. The van der Waals surface area contributed by atoms with Gasteiger partial charge in [-0.3, -0.25) is 14.6 Å². The van der Waals surface area contributed by atoms with E-state index in [9.17, 15) is 9.59 Å². The van der Waals surface area contributed by atoms with Crippen molar-refractivity contribution in [1.82, 2.24) is 25.5 Å². The Kier molecular flexibility index (Phi) is 3.82. The first-order valence-electron chi connectivity index (χ1n) is 6.86. The van der Waals surface area contributed by atoms with E-state index < -0.39 is 0 Å². The van der Waals surface area contributed by atoms with Crippen molar-refractivity contribution in [2.45, 2.75) is 0 Å². The van der Waals surface area contributed by atoms with Crippen LogP contribution in [0.1, 0.15) is 4.88 Å². The molecule has 1 saturated heterocycles. The second-order valence-electron chi connectivity index (χ2n) is 5.01. The molecule has 4 heterocycles. The van der Waals surface area contributed by atoms with E-state index in [0.717, 1.165) is 10.4 Å². The molecule has 4 rings (SSSR count). The molecule has 8 nitrogen and oxygen atoms in total. The number of hydrogen-bond acceptors (Lipinski definition) is 9. The SMILES string of the molecule is Nc1nc2nnc(-c3csc(C=C4SC(=S)NC4=O)c3)cc2c(=O)[nH]1. The molecule has 0 aromatic carbocycles. The minimum absolute atomic E-state index is 0.00532. The molecule has 1 amide bonds. The number of H-pyrrole nitrogens is 1. The summed E-state index contributed by atoms with van der Waals surface area (Å²) in [7, 11) is 0. The second-order valence-corrected chi connectivity index (χ2v) is 7.67. The summed E-state index contributed by atoms with van der Waals surface area (Å²) >= 11 is 7.63. The van der Waals surface area contributed by atoms with Gasteiger partial charge in [-0.15, -0.1) is 21.5 Å². The van der Waals surface area contributed by atoms with E-state index in [-0.39, 0.29) is 23.1 Å². The summed E-state index contributed by atoms with van der Waals surface area (Å²) in [6, 6.07) is 3.47. The van der Waals surface area contributed by atoms with Gasteiger partial charge in [-0.1, -0.05) is 24.0 Å². The summed E-state index contributed by atoms with van der Waals surface area (Å²) in [4.78, 5) is 31.5. The molecule has 0 atom stereocenters. The van der Waals surface area contributed by atoms with Crippen LogP contribution < -0.4 is 16.6 Å². The van der Waals surface area contributed by atoms with Gasteiger partial charge in [0.15, 0.2) is 5.65 Å². The Morgan fingerprint density at radius 2 is 2.08 bits per heavy atom. The molecule has 3 aromatic rings. The molecule has 0 radical (unpaired) electrons. The fourth-order valence-electron chi connectivity index (χ4n) is 2.21. The third kappa shape index (κ3) is 3.04. The lowest BCUT2D eigenvalue weighted by atomic mass is 10.2. The van der Waals surface area contributed by atoms with Gasteiger partial charge in [0.25, 0.3) is 11.5 Å². The van der Waals surface area contributed by atoms with Crippen LogP contribution in [0.4, 0.5) is 5.95 Å². The molecular weight excluding hydrogens is 380 g/mol. The molecule has 0 unspecified atom stereocenters. The van der Waals surface area contributed by atoms with Gasteiger partial charge < -0.3 is 11.1 Å². The van der Waals surface area contributed by atoms with E-state index in [1.807, 2.05) is 11.4 Å². The topological polar surface area (TPSA) is 127 Å². The monoisotopic (exact) mass is 388 g/mol. The van der Waals surface area contributed by atoms with E-state index in [1.54, 1.807) is 12.1 Å².